The third-order valence-electron chi connectivity index (χ3n) is 4.74. The van der Waals surface area contributed by atoms with Gasteiger partial charge in [-0.15, -0.1) is 0 Å². The van der Waals surface area contributed by atoms with Gasteiger partial charge in [0.2, 0.25) is 0 Å². The Balaban J connectivity index is 1.74. The monoisotopic (exact) mass is 400 g/mol. The Morgan fingerprint density at radius 2 is 1.71 bits per heavy atom. The van der Waals surface area contributed by atoms with Crippen molar-refractivity contribution in [2.24, 2.45) is 0 Å². The number of hydrogen-bond acceptors (Lipinski definition) is 4. The highest BCUT2D eigenvalue weighted by atomic mass is 19.4. The number of benzene rings is 1. The molecule has 1 aliphatic carbocycles. The molecule has 1 aliphatic rings. The van der Waals surface area contributed by atoms with Crippen molar-refractivity contribution in [1.29, 1.82) is 0 Å². The molecule has 0 atom stereocenters. The van der Waals surface area contributed by atoms with Gasteiger partial charge in [0.1, 0.15) is 6.54 Å². The number of esters is 1. The molecule has 0 aromatic heterocycles. The second-order valence-electron chi connectivity index (χ2n) is 6.71. The summed E-state index contributed by atoms with van der Waals surface area (Å²) in [6, 6.07) is 3.76. The molecule has 1 saturated carbocycles. The first kappa shape index (κ1) is 21.7. The molecular weight excluding hydrogens is 377 g/mol. The van der Waals surface area contributed by atoms with Crippen molar-refractivity contribution in [2.75, 3.05) is 20.2 Å². The lowest BCUT2D eigenvalue weighted by molar-refractivity contribution is -0.151. The molecule has 1 aromatic rings. The van der Waals surface area contributed by atoms with E-state index in [1.54, 1.807) is 11.9 Å². The quantitative estimate of drug-likeness (QED) is 0.745. The third-order valence-corrected chi connectivity index (χ3v) is 4.74. The summed E-state index contributed by atoms with van der Waals surface area (Å²) in [5.41, 5.74) is -0.891. The molecule has 0 heterocycles. The molecule has 0 aliphatic heterocycles. The normalized spacial score (nSPS) is 15.0. The van der Waals surface area contributed by atoms with Crippen LogP contribution < -0.4 is 5.32 Å². The van der Waals surface area contributed by atoms with Crippen LogP contribution in [0.2, 0.25) is 0 Å². The molecule has 0 unspecified atom stereocenters. The van der Waals surface area contributed by atoms with E-state index < -0.39 is 36.8 Å². The summed E-state index contributed by atoms with van der Waals surface area (Å²) in [6.07, 6.45) is 0.664. The van der Waals surface area contributed by atoms with Gasteiger partial charge >= 0.3 is 12.1 Å². The Hall–Kier alpha value is -2.58. The maximum atomic E-state index is 12.5. The molecule has 1 aromatic carbocycles. The van der Waals surface area contributed by atoms with Crippen LogP contribution in [0, 0.1) is 0 Å². The maximum Gasteiger partial charge on any atom is 0.416 e. The lowest BCUT2D eigenvalue weighted by Gasteiger charge is -2.31. The number of carbonyl (C=O) groups is 3. The number of likely N-dealkylation sites (N-methyl/N-ethyl adjacent to an activating group) is 1. The Bertz CT molecular complexity index is 698. The van der Waals surface area contributed by atoms with Crippen LogP contribution in [0.15, 0.2) is 24.3 Å². The fraction of sp³-hybridized carbons (Fsp3) is 0.526. The predicted octanol–water partition coefficient (Wildman–Crippen LogP) is 2.77. The van der Waals surface area contributed by atoms with Gasteiger partial charge in [-0.2, -0.15) is 13.2 Å². The van der Waals surface area contributed by atoms with Crippen LogP contribution in [0.5, 0.6) is 0 Å². The van der Waals surface area contributed by atoms with Crippen LogP contribution in [0.4, 0.5) is 13.2 Å². The van der Waals surface area contributed by atoms with E-state index >= 15 is 0 Å². The number of hydrogen-bond donors (Lipinski definition) is 1. The van der Waals surface area contributed by atoms with Crippen LogP contribution in [-0.4, -0.2) is 48.9 Å². The van der Waals surface area contributed by atoms with Gasteiger partial charge in [-0.05, 0) is 37.1 Å². The van der Waals surface area contributed by atoms with Crippen molar-refractivity contribution in [2.45, 2.75) is 44.3 Å². The minimum atomic E-state index is -4.49. The summed E-state index contributed by atoms with van der Waals surface area (Å²) in [5.74, 6) is -1.82. The molecule has 2 rings (SSSR count). The molecule has 2 amide bonds. The van der Waals surface area contributed by atoms with Crippen molar-refractivity contribution in [3.63, 3.8) is 0 Å². The topological polar surface area (TPSA) is 75.7 Å². The number of nitrogens with zero attached hydrogens (tertiary/aromatic N) is 1. The van der Waals surface area contributed by atoms with Crippen molar-refractivity contribution in [3.8, 4) is 0 Å². The molecule has 0 saturated heterocycles. The summed E-state index contributed by atoms with van der Waals surface area (Å²) >= 11 is 0. The second-order valence-corrected chi connectivity index (χ2v) is 6.71. The van der Waals surface area contributed by atoms with E-state index in [4.69, 9.17) is 4.74 Å². The summed E-state index contributed by atoms with van der Waals surface area (Å²) in [6.45, 7) is -0.901. The number of amides is 2. The zero-order chi connectivity index (χ0) is 20.7. The van der Waals surface area contributed by atoms with E-state index in [0.717, 1.165) is 56.4 Å². The Labute approximate surface area is 161 Å². The predicted molar refractivity (Wildman–Crippen MR) is 94.4 cm³/mol. The number of alkyl halides is 3. The number of carbonyl (C=O) groups excluding carboxylic acids is 3. The van der Waals surface area contributed by atoms with Gasteiger partial charge in [0, 0.05) is 18.7 Å². The van der Waals surface area contributed by atoms with Crippen molar-refractivity contribution in [1.82, 2.24) is 10.2 Å². The zero-order valence-electron chi connectivity index (χ0n) is 15.6. The highest BCUT2D eigenvalue weighted by Gasteiger charge is 2.30. The summed E-state index contributed by atoms with van der Waals surface area (Å²) in [7, 11) is 1.68. The fourth-order valence-corrected chi connectivity index (χ4v) is 3.03. The first-order valence-electron chi connectivity index (χ1n) is 9.05. The number of halogens is 3. The first-order valence-corrected chi connectivity index (χ1v) is 9.05. The number of nitrogens with one attached hydrogen (secondary N) is 1. The minimum Gasteiger partial charge on any atom is -0.454 e. The van der Waals surface area contributed by atoms with Crippen LogP contribution in [0.3, 0.4) is 0 Å². The van der Waals surface area contributed by atoms with Gasteiger partial charge < -0.3 is 15.0 Å². The van der Waals surface area contributed by atoms with Crippen LogP contribution in [0.1, 0.15) is 48.0 Å². The average molecular weight is 400 g/mol. The molecule has 0 bridgehead atoms. The molecule has 1 N–H and O–H groups in total. The number of rotatable bonds is 6. The lowest BCUT2D eigenvalue weighted by Crippen LogP contribution is -2.41. The summed E-state index contributed by atoms with van der Waals surface area (Å²) < 4.78 is 42.4. The average Bonchev–Trinajstić information content (AvgIpc) is 2.69. The molecule has 154 valence electrons. The van der Waals surface area contributed by atoms with Crippen LogP contribution >= 0.6 is 0 Å². The van der Waals surface area contributed by atoms with Crippen molar-refractivity contribution >= 4 is 17.8 Å². The molecule has 0 radical (unpaired) electrons. The van der Waals surface area contributed by atoms with E-state index in [1.165, 1.54) is 0 Å². The van der Waals surface area contributed by atoms with Gasteiger partial charge in [0.15, 0.2) is 6.61 Å². The minimum absolute atomic E-state index is 0.0195. The van der Waals surface area contributed by atoms with E-state index in [0.29, 0.717) is 0 Å². The summed E-state index contributed by atoms with van der Waals surface area (Å²) in [5, 5.41) is 2.25. The molecule has 28 heavy (non-hydrogen) atoms. The largest absolute Gasteiger partial charge is 0.454 e. The number of ether oxygens (including phenoxy) is 1. The Morgan fingerprint density at radius 3 is 2.29 bits per heavy atom. The third kappa shape index (κ3) is 6.24. The second kappa shape index (κ2) is 9.57. The molecule has 9 heteroatoms. The Morgan fingerprint density at radius 1 is 1.11 bits per heavy atom. The Kier molecular flexibility index (Phi) is 7.42. The van der Waals surface area contributed by atoms with Gasteiger partial charge in [-0.1, -0.05) is 19.3 Å². The highest BCUT2D eigenvalue weighted by Crippen LogP contribution is 2.29. The molecule has 6 nitrogen and oxygen atoms in total. The molecule has 0 spiro atoms. The highest BCUT2D eigenvalue weighted by molar-refractivity contribution is 5.96. The zero-order valence-corrected chi connectivity index (χ0v) is 15.6. The van der Waals surface area contributed by atoms with E-state index in [2.05, 4.69) is 5.32 Å². The van der Waals surface area contributed by atoms with E-state index in [-0.39, 0.29) is 17.5 Å². The van der Waals surface area contributed by atoms with Gasteiger partial charge in [0.25, 0.3) is 11.8 Å². The smallest absolute Gasteiger partial charge is 0.416 e. The van der Waals surface area contributed by atoms with Gasteiger partial charge in [-0.25, -0.2) is 0 Å². The van der Waals surface area contributed by atoms with Gasteiger partial charge in [-0.3, -0.25) is 14.4 Å². The summed E-state index contributed by atoms with van der Waals surface area (Å²) in [4.78, 5) is 37.3. The SMILES string of the molecule is CN(C(=O)COC(=O)CNC(=O)c1ccc(C(F)(F)F)cc1)C1CCCCC1. The first-order chi connectivity index (χ1) is 13.2. The standard InChI is InChI=1S/C19H23F3N2O4/c1-24(15-5-3-2-4-6-15)16(25)12-28-17(26)11-23-18(27)13-7-9-14(10-8-13)19(20,21)22/h7-10,15H,2-6,11-12H2,1H3,(H,23,27). The van der Waals surface area contributed by atoms with Gasteiger partial charge in [0.05, 0.1) is 5.56 Å². The lowest BCUT2D eigenvalue weighted by atomic mass is 9.94. The van der Waals surface area contributed by atoms with Crippen LogP contribution in [0.25, 0.3) is 0 Å². The van der Waals surface area contributed by atoms with Crippen LogP contribution in [-0.2, 0) is 20.5 Å². The van der Waals surface area contributed by atoms with Crippen molar-refractivity contribution in [3.05, 3.63) is 35.4 Å². The molecular formula is C19H23F3N2O4. The maximum absolute atomic E-state index is 12.5. The molecule has 1 fully saturated rings. The van der Waals surface area contributed by atoms with Crippen molar-refractivity contribution < 1.29 is 32.3 Å². The fourth-order valence-electron chi connectivity index (χ4n) is 3.03. The van der Waals surface area contributed by atoms with E-state index in [9.17, 15) is 27.6 Å². The van der Waals surface area contributed by atoms with E-state index in [1.807, 2.05) is 0 Å².